The van der Waals surface area contributed by atoms with Crippen LogP contribution in [0, 0.1) is 0 Å². The fourth-order valence-corrected chi connectivity index (χ4v) is 0. The van der Waals surface area contributed by atoms with Crippen LogP contribution in [0.5, 0.6) is 0 Å². The average Bonchev–Trinajstić information content (AvgIpc) is 1.38. The number of hydrogen-bond donors (Lipinski definition) is 3. The minimum atomic E-state index is -0.718. The maximum Gasteiger partial charge on any atom is 0.326 e. The smallest absolute Gasteiger partial charge is 0.326 e. The van der Waals surface area contributed by atoms with Gasteiger partial charge in [0.15, 0.2) is 0 Å². The number of rotatable bonds is 0. The van der Waals surface area contributed by atoms with Gasteiger partial charge in [0.1, 0.15) is 0 Å². The summed E-state index contributed by atoms with van der Waals surface area (Å²) in [6.45, 7) is 0. The van der Waals surface area contributed by atoms with E-state index in [0.29, 0.717) is 0 Å². The van der Waals surface area contributed by atoms with Gasteiger partial charge in [-0.05, 0) is 0 Å². The molecule has 0 aromatic carbocycles. The summed E-state index contributed by atoms with van der Waals surface area (Å²) in [6, 6.07) is -0.718. The summed E-state index contributed by atoms with van der Waals surface area (Å²) in [5.74, 6) is 4.45. The molecule has 0 heterocycles. The van der Waals surface area contributed by atoms with Crippen molar-refractivity contribution in [1.29, 1.82) is 0 Å². The quantitative estimate of drug-likeness (QED) is 0.124. The molecule has 6 heavy (non-hydrogen) atoms. The van der Waals surface area contributed by atoms with Crippen LogP contribution in [0.3, 0.4) is 0 Å². The van der Waals surface area contributed by atoms with E-state index in [1.807, 2.05) is 0 Å². The van der Waals surface area contributed by atoms with Crippen molar-refractivity contribution in [3.8, 4) is 0 Å². The van der Waals surface area contributed by atoms with Crippen molar-refractivity contribution in [2.75, 3.05) is 0 Å². The molecule has 0 rings (SSSR count). The maximum atomic E-state index is 9.35. The first kappa shape index (κ1) is 9.10. The number of carbonyl (C=O) groups is 1. The summed E-state index contributed by atoms with van der Waals surface area (Å²) in [5.41, 5.74) is 6.08. The molecular weight excluding hydrogens is 109 g/mol. The first-order valence-electron chi connectivity index (χ1n) is 1.03. The average molecular weight is 116 g/mol. The van der Waals surface area contributed by atoms with Crippen LogP contribution in [0.15, 0.2) is 0 Å². The third-order valence-electron chi connectivity index (χ3n) is 0.142. The Morgan fingerprint density at radius 3 is 1.83 bits per heavy atom. The van der Waals surface area contributed by atoms with E-state index in [1.54, 1.807) is 5.43 Å². The topological polar surface area (TPSA) is 81.1 Å². The van der Waals surface area contributed by atoms with Crippen molar-refractivity contribution in [1.82, 2.24) is 5.43 Å². The van der Waals surface area contributed by atoms with Gasteiger partial charge in [-0.3, -0.25) is 5.43 Å². The van der Waals surface area contributed by atoms with Gasteiger partial charge in [-0.2, -0.15) is 0 Å². The summed E-state index contributed by atoms with van der Waals surface area (Å²) in [6.07, 6.45) is 0. The summed E-state index contributed by atoms with van der Waals surface area (Å²) in [5, 5.41) is 0. The monoisotopic (exact) mass is 115 g/mol. The Morgan fingerprint density at radius 2 is 1.83 bits per heavy atom. The second-order valence-corrected chi connectivity index (χ2v) is 0.509. The number of hydrogen-bond acceptors (Lipinski definition) is 2. The molecule has 0 aromatic heterocycles. The SMILES string of the molecule is Cl.[15NH2][15NH][13C]([15NH2])=O. The number of nitrogens with two attached hydrogens (primary N) is 2. The Morgan fingerprint density at radius 1 is 1.67 bits per heavy atom. The molecule has 5 heteroatoms. The van der Waals surface area contributed by atoms with E-state index < -0.39 is 6.03 Å². The van der Waals surface area contributed by atoms with Crippen LogP contribution in [-0.4, -0.2) is 6.03 Å². The lowest BCUT2D eigenvalue weighted by Gasteiger charge is -1.81. The van der Waals surface area contributed by atoms with E-state index in [1.165, 1.54) is 0 Å². The molecule has 0 spiro atoms. The van der Waals surface area contributed by atoms with Gasteiger partial charge in [0.25, 0.3) is 0 Å². The number of amides is 2. The molecule has 0 fully saturated rings. The molecule has 4 nitrogen and oxygen atoms in total. The van der Waals surface area contributed by atoms with Gasteiger partial charge >= 0.3 is 6.03 Å². The zero-order chi connectivity index (χ0) is 4.28. The highest BCUT2D eigenvalue weighted by atomic mass is 35.5. The van der Waals surface area contributed by atoms with Gasteiger partial charge in [-0.15, -0.1) is 12.4 Å². The second kappa shape index (κ2) is 4.52. The molecule has 0 saturated carbocycles. The van der Waals surface area contributed by atoms with Crippen molar-refractivity contribution in [3.05, 3.63) is 0 Å². The molecule has 0 saturated heterocycles. The third-order valence-corrected chi connectivity index (χ3v) is 0.142. The summed E-state index contributed by atoms with van der Waals surface area (Å²) in [4.78, 5) is 9.35. The number of hydrazine groups is 1. The summed E-state index contributed by atoms with van der Waals surface area (Å²) in [7, 11) is 0. The molecule has 0 aliphatic heterocycles. The molecule has 0 aliphatic rings. The van der Waals surface area contributed by atoms with Crippen LogP contribution in [0.25, 0.3) is 0 Å². The van der Waals surface area contributed by atoms with Crippen molar-refractivity contribution < 1.29 is 4.79 Å². The zero-order valence-corrected chi connectivity index (χ0v) is 3.79. The molecule has 0 radical (unpaired) electrons. The van der Waals surface area contributed by atoms with Crippen LogP contribution in [0.4, 0.5) is 4.79 Å². The number of urea groups is 1. The number of primary amides is 1. The molecule has 0 bridgehead atoms. The fourth-order valence-electron chi connectivity index (χ4n) is 0. The minimum absolute atomic E-state index is 0. The normalized spacial score (nSPS) is 5.50. The van der Waals surface area contributed by atoms with Crippen LogP contribution in [0.1, 0.15) is 0 Å². The van der Waals surface area contributed by atoms with Crippen LogP contribution < -0.4 is 17.0 Å². The molecule has 5 N–H and O–H groups in total. The highest BCUT2D eigenvalue weighted by Gasteiger charge is 1.73. The molecule has 38 valence electrons. The number of halogens is 1. The van der Waals surface area contributed by atoms with E-state index in [9.17, 15) is 4.79 Å². The second-order valence-electron chi connectivity index (χ2n) is 0.509. The molecule has 0 unspecified atom stereocenters. The third kappa shape index (κ3) is 9.68. The standard InChI is InChI=1S/CH5N3O.ClH/c2-1(5)4-3;/h3H2,(H3,2,4,5);1H/i1+1,2+1,3+1,4+1;. The van der Waals surface area contributed by atoms with E-state index in [4.69, 9.17) is 0 Å². The van der Waals surface area contributed by atoms with Crippen LogP contribution in [0.2, 0.25) is 0 Å². The van der Waals surface area contributed by atoms with Crippen LogP contribution in [-0.2, 0) is 0 Å². The van der Waals surface area contributed by atoms with E-state index in [-0.39, 0.29) is 12.4 Å². The molecular formula is CH6ClN3O. The predicted molar refractivity (Wildman–Crippen MR) is 24.2 cm³/mol. The molecule has 0 aromatic rings. The number of carbonyl (C=O) groups excluding carboxylic acids is 1. The molecule has 0 atom stereocenters. The van der Waals surface area contributed by atoms with Gasteiger partial charge in [0, 0.05) is 0 Å². The predicted octanol–water partition coefficient (Wildman–Crippen LogP) is -1.05. The molecule has 0 aliphatic carbocycles. The van der Waals surface area contributed by atoms with Crippen molar-refractivity contribution in [3.63, 3.8) is 0 Å². The van der Waals surface area contributed by atoms with Gasteiger partial charge in [0.05, 0.1) is 0 Å². The van der Waals surface area contributed by atoms with Gasteiger partial charge in [0.2, 0.25) is 0 Å². The first-order valence-corrected chi connectivity index (χ1v) is 1.03. The Kier molecular flexibility index (Phi) is 6.86. The lowest BCUT2D eigenvalue weighted by molar-refractivity contribution is 0.249. The molecule has 2 amide bonds. The van der Waals surface area contributed by atoms with Crippen LogP contribution >= 0.6 is 12.4 Å². The Bertz CT molecular complexity index is 46.1. The highest BCUT2D eigenvalue weighted by Crippen LogP contribution is 1.34. The Hall–Kier alpha value is -0.480. The van der Waals surface area contributed by atoms with Gasteiger partial charge < -0.3 is 5.73 Å². The number of nitrogens with one attached hydrogen (secondary N) is 1. The maximum absolute atomic E-state index is 9.35. The van der Waals surface area contributed by atoms with Crippen molar-refractivity contribution in [2.45, 2.75) is 0 Å². The minimum Gasteiger partial charge on any atom is -0.351 e. The van der Waals surface area contributed by atoms with Gasteiger partial charge in [-0.25, -0.2) is 10.6 Å². The zero-order valence-electron chi connectivity index (χ0n) is 2.97. The Balaban J connectivity index is 0. The highest BCUT2D eigenvalue weighted by molar-refractivity contribution is 5.85. The summed E-state index contributed by atoms with van der Waals surface area (Å²) < 4.78 is 0. The van der Waals surface area contributed by atoms with E-state index >= 15 is 0 Å². The lowest BCUT2D eigenvalue weighted by Crippen LogP contribution is -2.34. The summed E-state index contributed by atoms with van der Waals surface area (Å²) >= 11 is 0. The first-order chi connectivity index (χ1) is 2.27. The Labute approximate surface area is 41.3 Å². The largest absolute Gasteiger partial charge is 0.351 e. The van der Waals surface area contributed by atoms with E-state index in [2.05, 4.69) is 11.6 Å². The van der Waals surface area contributed by atoms with Crippen molar-refractivity contribution >= 4 is 18.4 Å². The fraction of sp³-hybridized carbons (Fsp3) is 0. The lowest BCUT2D eigenvalue weighted by atomic mass is 12.1. The van der Waals surface area contributed by atoms with E-state index in [0.717, 1.165) is 0 Å². The van der Waals surface area contributed by atoms with Gasteiger partial charge in [-0.1, -0.05) is 0 Å². The van der Waals surface area contributed by atoms with Crippen molar-refractivity contribution in [2.24, 2.45) is 11.6 Å².